The van der Waals surface area contributed by atoms with Crippen molar-refractivity contribution in [3.05, 3.63) is 55.0 Å². The molecule has 5 heteroatoms. The molecule has 0 saturated heterocycles. The highest BCUT2D eigenvalue weighted by atomic mass is 32.1. The van der Waals surface area contributed by atoms with Crippen LogP contribution < -0.4 is 4.90 Å². The second kappa shape index (κ2) is 5.79. The highest BCUT2D eigenvalue weighted by molar-refractivity contribution is 7.19. The quantitative estimate of drug-likeness (QED) is 0.640. The van der Waals surface area contributed by atoms with Gasteiger partial charge in [0.15, 0.2) is 0 Å². The maximum atomic E-state index is 12.1. The topological polar surface area (TPSA) is 46.1 Å². The molecule has 4 nitrogen and oxygen atoms in total. The van der Waals surface area contributed by atoms with E-state index in [1.807, 2.05) is 19.1 Å². The predicted molar refractivity (Wildman–Crippen MR) is 82.8 cm³/mol. The number of aromatic nitrogens is 2. The molecule has 0 N–H and O–H groups in total. The standard InChI is InChI=1S/C15H15N3OS/c1-5-10(2)14(19)18(4)15-11(3)17-13(20-15)12-7-6-8-16-9-12/h5-9H,1-2H2,3-4H3. The Labute approximate surface area is 122 Å². The number of likely N-dealkylation sites (N-methyl/N-ethyl adjacent to an activating group) is 1. The minimum absolute atomic E-state index is 0.176. The highest BCUT2D eigenvalue weighted by Gasteiger charge is 2.19. The van der Waals surface area contributed by atoms with Crippen LogP contribution in [0.5, 0.6) is 0 Å². The number of carbonyl (C=O) groups excluding carboxylic acids is 1. The molecule has 0 bridgehead atoms. The molecule has 0 aliphatic heterocycles. The minimum atomic E-state index is -0.176. The van der Waals surface area contributed by atoms with Gasteiger partial charge in [-0.05, 0) is 19.1 Å². The summed E-state index contributed by atoms with van der Waals surface area (Å²) in [6.07, 6.45) is 4.93. The molecule has 0 spiro atoms. The van der Waals surface area contributed by atoms with Crippen molar-refractivity contribution in [3.63, 3.8) is 0 Å². The predicted octanol–water partition coefficient (Wildman–Crippen LogP) is 3.22. The van der Waals surface area contributed by atoms with Crippen LogP contribution in [0.4, 0.5) is 5.00 Å². The lowest BCUT2D eigenvalue weighted by molar-refractivity contribution is -0.114. The molecule has 2 aromatic heterocycles. The van der Waals surface area contributed by atoms with Crippen molar-refractivity contribution in [1.82, 2.24) is 9.97 Å². The minimum Gasteiger partial charge on any atom is -0.301 e. The van der Waals surface area contributed by atoms with E-state index in [2.05, 4.69) is 23.1 Å². The van der Waals surface area contributed by atoms with Crippen molar-refractivity contribution < 1.29 is 4.79 Å². The van der Waals surface area contributed by atoms with Crippen LogP contribution in [0.3, 0.4) is 0 Å². The molecule has 2 aromatic rings. The van der Waals surface area contributed by atoms with Gasteiger partial charge < -0.3 is 4.90 Å². The van der Waals surface area contributed by atoms with Gasteiger partial charge >= 0.3 is 0 Å². The summed E-state index contributed by atoms with van der Waals surface area (Å²) in [5, 5.41) is 1.64. The van der Waals surface area contributed by atoms with E-state index in [0.29, 0.717) is 5.57 Å². The molecule has 0 saturated carbocycles. The number of hydrogen-bond donors (Lipinski definition) is 0. The molecule has 0 aliphatic rings. The smallest absolute Gasteiger partial charge is 0.258 e. The first-order chi connectivity index (χ1) is 9.54. The normalized spacial score (nSPS) is 10.1. The van der Waals surface area contributed by atoms with Gasteiger partial charge in [-0.1, -0.05) is 30.6 Å². The summed E-state index contributed by atoms with van der Waals surface area (Å²) >= 11 is 1.46. The molecule has 0 unspecified atom stereocenters. The molecular formula is C15H15N3OS. The first-order valence-corrected chi connectivity index (χ1v) is 6.83. The third-order valence-corrected chi connectivity index (χ3v) is 4.09. The van der Waals surface area contributed by atoms with E-state index in [1.165, 1.54) is 17.4 Å². The summed E-state index contributed by atoms with van der Waals surface area (Å²) in [5.74, 6) is -0.176. The first kappa shape index (κ1) is 14.1. The molecule has 0 aliphatic carbocycles. The van der Waals surface area contributed by atoms with Crippen LogP contribution in [0.1, 0.15) is 5.69 Å². The summed E-state index contributed by atoms with van der Waals surface area (Å²) in [6.45, 7) is 9.13. The van der Waals surface area contributed by atoms with E-state index in [4.69, 9.17) is 0 Å². The number of aryl methyl sites for hydroxylation is 1. The Morgan fingerprint density at radius 3 is 2.85 bits per heavy atom. The van der Waals surface area contributed by atoms with E-state index in [1.54, 1.807) is 24.3 Å². The fourth-order valence-electron chi connectivity index (χ4n) is 1.71. The lowest BCUT2D eigenvalue weighted by Crippen LogP contribution is -2.26. The van der Waals surface area contributed by atoms with E-state index in [9.17, 15) is 4.79 Å². The second-order valence-corrected chi connectivity index (χ2v) is 5.22. The van der Waals surface area contributed by atoms with E-state index in [0.717, 1.165) is 21.3 Å². The van der Waals surface area contributed by atoms with Gasteiger partial charge in [0.05, 0.1) is 5.69 Å². The van der Waals surface area contributed by atoms with Gasteiger partial charge in [-0.15, -0.1) is 0 Å². The molecule has 0 radical (unpaired) electrons. The number of hydrogen-bond acceptors (Lipinski definition) is 4. The number of pyridine rings is 1. The van der Waals surface area contributed by atoms with Gasteiger partial charge in [0, 0.05) is 30.6 Å². The van der Waals surface area contributed by atoms with Crippen LogP contribution in [0.25, 0.3) is 10.6 Å². The molecule has 20 heavy (non-hydrogen) atoms. The van der Waals surface area contributed by atoms with Gasteiger partial charge in [-0.25, -0.2) is 4.98 Å². The number of anilines is 1. The summed E-state index contributed by atoms with van der Waals surface area (Å²) in [5.41, 5.74) is 2.11. The Morgan fingerprint density at radius 1 is 1.50 bits per heavy atom. The molecular weight excluding hydrogens is 270 g/mol. The van der Waals surface area contributed by atoms with Crippen molar-refractivity contribution in [2.24, 2.45) is 0 Å². The van der Waals surface area contributed by atoms with Crippen LogP contribution in [-0.4, -0.2) is 22.9 Å². The fourth-order valence-corrected chi connectivity index (χ4v) is 2.72. The molecule has 0 aromatic carbocycles. The van der Waals surface area contributed by atoms with Crippen molar-refractivity contribution in [1.29, 1.82) is 0 Å². The Kier molecular flexibility index (Phi) is 4.10. The number of thiazole rings is 1. The van der Waals surface area contributed by atoms with Crippen LogP contribution in [-0.2, 0) is 4.79 Å². The lowest BCUT2D eigenvalue weighted by atomic mass is 10.2. The van der Waals surface area contributed by atoms with E-state index >= 15 is 0 Å². The third-order valence-electron chi connectivity index (χ3n) is 2.81. The zero-order valence-corrected chi connectivity index (χ0v) is 12.3. The number of amides is 1. The maximum Gasteiger partial charge on any atom is 0.258 e. The van der Waals surface area contributed by atoms with Crippen LogP contribution in [0, 0.1) is 6.92 Å². The summed E-state index contributed by atoms with van der Waals surface area (Å²) in [4.78, 5) is 22.2. The van der Waals surface area contributed by atoms with Crippen molar-refractivity contribution in [2.45, 2.75) is 6.92 Å². The number of carbonyl (C=O) groups is 1. The molecule has 2 heterocycles. The maximum absolute atomic E-state index is 12.1. The Hall–Kier alpha value is -2.27. The fraction of sp³-hybridized carbons (Fsp3) is 0.133. The zero-order chi connectivity index (χ0) is 14.7. The van der Waals surface area contributed by atoms with Crippen molar-refractivity contribution in [2.75, 3.05) is 11.9 Å². The van der Waals surface area contributed by atoms with Gasteiger partial charge in [-0.3, -0.25) is 9.78 Å². The van der Waals surface area contributed by atoms with Crippen molar-refractivity contribution in [3.8, 4) is 10.6 Å². The molecule has 0 fully saturated rings. The average molecular weight is 285 g/mol. The Morgan fingerprint density at radius 2 is 2.25 bits per heavy atom. The van der Waals surface area contributed by atoms with Gasteiger partial charge in [-0.2, -0.15) is 0 Å². The second-order valence-electron chi connectivity index (χ2n) is 4.24. The largest absolute Gasteiger partial charge is 0.301 e. The zero-order valence-electron chi connectivity index (χ0n) is 11.5. The average Bonchev–Trinajstić information content (AvgIpc) is 2.87. The first-order valence-electron chi connectivity index (χ1n) is 6.01. The third kappa shape index (κ3) is 2.67. The van der Waals surface area contributed by atoms with Gasteiger partial charge in [0.2, 0.25) is 0 Å². The summed E-state index contributed by atoms with van der Waals surface area (Å²) in [6, 6.07) is 3.81. The van der Waals surface area contributed by atoms with Crippen molar-refractivity contribution >= 4 is 22.2 Å². The molecule has 2 rings (SSSR count). The molecule has 1 amide bonds. The Bertz CT molecular complexity index is 661. The van der Waals surface area contributed by atoms with Gasteiger partial charge in [0.25, 0.3) is 5.91 Å². The number of rotatable bonds is 4. The lowest BCUT2D eigenvalue weighted by Gasteiger charge is -2.15. The summed E-state index contributed by atoms with van der Waals surface area (Å²) < 4.78 is 0. The molecule has 0 atom stereocenters. The summed E-state index contributed by atoms with van der Waals surface area (Å²) in [7, 11) is 1.71. The molecule has 102 valence electrons. The van der Waals surface area contributed by atoms with Gasteiger partial charge in [0.1, 0.15) is 10.0 Å². The SMILES string of the molecule is C=CC(=C)C(=O)N(C)c1sc(-c2cccnc2)nc1C. The highest BCUT2D eigenvalue weighted by Crippen LogP contribution is 2.33. The van der Waals surface area contributed by atoms with Crippen LogP contribution in [0.2, 0.25) is 0 Å². The van der Waals surface area contributed by atoms with E-state index < -0.39 is 0 Å². The van der Waals surface area contributed by atoms with E-state index in [-0.39, 0.29) is 5.91 Å². The Balaban J connectivity index is 2.35. The number of nitrogens with zero attached hydrogens (tertiary/aromatic N) is 3. The van der Waals surface area contributed by atoms with Crippen LogP contribution >= 0.6 is 11.3 Å². The monoisotopic (exact) mass is 285 g/mol. The van der Waals surface area contributed by atoms with Crippen LogP contribution in [0.15, 0.2) is 49.3 Å².